The smallest absolute Gasteiger partial charge is 0.408 e. The van der Waals surface area contributed by atoms with Crippen LogP contribution in [0.1, 0.15) is 80.3 Å². The van der Waals surface area contributed by atoms with E-state index >= 15 is 0 Å². The largest absolute Gasteiger partial charge is 0.508 e. The third-order valence-corrected chi connectivity index (χ3v) is 9.15. The van der Waals surface area contributed by atoms with Crippen LogP contribution in [0, 0.1) is 13.8 Å². The molecule has 3 aromatic carbocycles. The number of benzene rings is 3. The van der Waals surface area contributed by atoms with Crippen molar-refractivity contribution in [2.24, 2.45) is 0 Å². The predicted octanol–water partition coefficient (Wildman–Crippen LogP) is 4.51. The van der Waals surface area contributed by atoms with Crippen molar-refractivity contribution in [2.75, 3.05) is 6.54 Å². The van der Waals surface area contributed by atoms with E-state index in [1.165, 1.54) is 11.8 Å². The quantitative estimate of drug-likeness (QED) is 0.153. The minimum absolute atomic E-state index is 0.0846. The lowest BCUT2D eigenvalue weighted by Gasteiger charge is -2.39. The number of carbonyl (C=O) groups excluding carboxylic acids is 5. The fourth-order valence-corrected chi connectivity index (χ4v) is 6.52. The molecule has 0 saturated carbocycles. The molecule has 12 nitrogen and oxygen atoms in total. The molecule has 2 unspecified atom stereocenters. The summed E-state index contributed by atoms with van der Waals surface area (Å²) < 4.78 is 5.55. The zero-order chi connectivity index (χ0) is 38.7. The zero-order valence-electron chi connectivity index (χ0n) is 31.6. The van der Waals surface area contributed by atoms with Gasteiger partial charge in [-0.05, 0) is 99.4 Å². The molecular formula is C41H53N5O7. The van der Waals surface area contributed by atoms with Crippen molar-refractivity contribution in [3.63, 3.8) is 0 Å². The molecule has 1 aliphatic heterocycles. The Balaban J connectivity index is 1.63. The Morgan fingerprint density at radius 3 is 2.15 bits per heavy atom. The first-order valence-electron chi connectivity index (χ1n) is 18.1. The lowest BCUT2D eigenvalue weighted by Crippen LogP contribution is -2.60. The number of hydrogen-bond acceptors (Lipinski definition) is 7. The first-order valence-corrected chi connectivity index (χ1v) is 18.1. The Morgan fingerprint density at radius 1 is 0.868 bits per heavy atom. The number of phenolic OH excluding ortho intramolecular Hbond substituents is 1. The van der Waals surface area contributed by atoms with Crippen molar-refractivity contribution in [2.45, 2.75) is 110 Å². The lowest BCUT2D eigenvalue weighted by molar-refractivity contribution is -0.144. The van der Waals surface area contributed by atoms with Crippen molar-refractivity contribution < 1.29 is 33.8 Å². The highest BCUT2D eigenvalue weighted by atomic mass is 16.6. The summed E-state index contributed by atoms with van der Waals surface area (Å²) in [5.74, 6) is -1.40. The molecule has 53 heavy (non-hydrogen) atoms. The standard InChI is InChI=1S/C41H53N5O7/c1-26-20-32(48)21-27(2)33(26)23-35(45-40(52)53-41(4,5)6)39(51)46-25-31-17-11-10-16-30(31)22-36(46)38(50)44-34(18-12-13-19-42-28(3)47)37(49)43-24-29-14-8-7-9-15-29/h7-11,14-17,20-21,34-36,48H,12-13,18-19,22-25H2,1-6H3,(H,42,47)(H,43,49)(H,44,50)(H,45,52)/t34-,35?,36?/m0/s1. The van der Waals surface area contributed by atoms with E-state index in [1.54, 1.807) is 32.9 Å². The Kier molecular flexibility index (Phi) is 14.0. The maximum atomic E-state index is 14.7. The van der Waals surface area contributed by atoms with Gasteiger partial charge in [0.1, 0.15) is 29.5 Å². The molecule has 284 valence electrons. The summed E-state index contributed by atoms with van der Waals surface area (Å²) in [6, 6.07) is 17.2. The zero-order valence-corrected chi connectivity index (χ0v) is 31.6. The van der Waals surface area contributed by atoms with Gasteiger partial charge in [0, 0.05) is 39.4 Å². The maximum absolute atomic E-state index is 14.7. The molecular weight excluding hydrogens is 674 g/mol. The normalized spacial score (nSPS) is 15.0. The van der Waals surface area contributed by atoms with Crippen LogP contribution in [0.15, 0.2) is 66.7 Å². The summed E-state index contributed by atoms with van der Waals surface area (Å²) in [5.41, 5.74) is 4.10. The monoisotopic (exact) mass is 727 g/mol. The number of rotatable bonds is 14. The number of alkyl carbamates (subject to hydrolysis) is 1. The van der Waals surface area contributed by atoms with E-state index < -0.39 is 41.6 Å². The second-order valence-corrected chi connectivity index (χ2v) is 14.7. The highest BCUT2D eigenvalue weighted by molar-refractivity contribution is 5.94. The fraction of sp³-hybridized carbons (Fsp3) is 0.439. The molecule has 12 heteroatoms. The Labute approximate surface area is 312 Å². The summed E-state index contributed by atoms with van der Waals surface area (Å²) in [5, 5.41) is 21.6. The van der Waals surface area contributed by atoms with Crippen molar-refractivity contribution >= 4 is 29.7 Å². The number of hydrogen-bond donors (Lipinski definition) is 5. The Hall–Kier alpha value is -5.39. The molecule has 0 aliphatic carbocycles. The van der Waals surface area contributed by atoms with Gasteiger partial charge in [0.25, 0.3) is 0 Å². The highest BCUT2D eigenvalue weighted by Crippen LogP contribution is 2.27. The molecule has 0 fully saturated rings. The van der Waals surface area contributed by atoms with Crippen LogP contribution in [-0.4, -0.2) is 70.0 Å². The average molecular weight is 728 g/mol. The topological polar surface area (TPSA) is 166 Å². The fourth-order valence-electron chi connectivity index (χ4n) is 6.52. The van der Waals surface area contributed by atoms with Gasteiger partial charge in [-0.1, -0.05) is 54.6 Å². The van der Waals surface area contributed by atoms with E-state index in [2.05, 4.69) is 21.3 Å². The third kappa shape index (κ3) is 12.1. The van der Waals surface area contributed by atoms with Crippen LogP contribution < -0.4 is 21.3 Å². The predicted molar refractivity (Wildman–Crippen MR) is 202 cm³/mol. The van der Waals surface area contributed by atoms with Crippen LogP contribution in [0.5, 0.6) is 5.75 Å². The summed E-state index contributed by atoms with van der Waals surface area (Å²) in [7, 11) is 0. The molecule has 3 atom stereocenters. The summed E-state index contributed by atoms with van der Waals surface area (Å²) >= 11 is 0. The second-order valence-electron chi connectivity index (χ2n) is 14.7. The average Bonchev–Trinajstić information content (AvgIpc) is 3.09. The maximum Gasteiger partial charge on any atom is 0.408 e. The SMILES string of the molecule is CC(=O)NCCCC[C@H](NC(=O)C1Cc2ccccc2CN1C(=O)C(Cc1c(C)cc(O)cc1C)NC(=O)OC(C)(C)C)C(=O)NCc1ccccc1. The van der Waals surface area contributed by atoms with E-state index in [0.717, 1.165) is 33.4 Å². The van der Waals surface area contributed by atoms with Gasteiger partial charge >= 0.3 is 6.09 Å². The summed E-state index contributed by atoms with van der Waals surface area (Å²) in [4.78, 5) is 68.7. The molecule has 1 heterocycles. The van der Waals surface area contributed by atoms with Crippen molar-refractivity contribution in [3.8, 4) is 5.75 Å². The second kappa shape index (κ2) is 18.4. The Bertz CT molecular complexity index is 1750. The van der Waals surface area contributed by atoms with Crippen LogP contribution in [0.3, 0.4) is 0 Å². The molecule has 5 amide bonds. The van der Waals surface area contributed by atoms with E-state index in [1.807, 2.05) is 68.4 Å². The summed E-state index contributed by atoms with van der Waals surface area (Å²) in [6.07, 6.45) is 0.969. The number of amides is 5. The molecule has 0 radical (unpaired) electrons. The molecule has 0 aromatic heterocycles. The van der Waals surface area contributed by atoms with Gasteiger partial charge in [-0.25, -0.2) is 4.79 Å². The first-order chi connectivity index (χ1) is 25.1. The number of aryl methyl sites for hydroxylation is 2. The number of aromatic hydroxyl groups is 1. The molecule has 4 rings (SSSR count). The van der Waals surface area contributed by atoms with Gasteiger partial charge in [-0.15, -0.1) is 0 Å². The van der Waals surface area contributed by atoms with E-state index in [9.17, 15) is 29.1 Å². The number of nitrogens with zero attached hydrogens (tertiary/aromatic N) is 1. The Morgan fingerprint density at radius 2 is 1.51 bits per heavy atom. The van der Waals surface area contributed by atoms with Crippen LogP contribution in [0.25, 0.3) is 0 Å². The molecule has 5 N–H and O–H groups in total. The van der Waals surface area contributed by atoms with Gasteiger partial charge < -0.3 is 36.0 Å². The van der Waals surface area contributed by atoms with E-state index in [-0.39, 0.29) is 43.5 Å². The number of unbranched alkanes of at least 4 members (excludes halogenated alkanes) is 1. The number of carbonyl (C=O) groups is 5. The van der Waals surface area contributed by atoms with Gasteiger partial charge in [0.15, 0.2) is 0 Å². The minimum atomic E-state index is -1.12. The highest BCUT2D eigenvalue weighted by Gasteiger charge is 2.40. The van der Waals surface area contributed by atoms with E-state index in [4.69, 9.17) is 4.74 Å². The lowest BCUT2D eigenvalue weighted by atomic mass is 9.91. The number of phenols is 1. The van der Waals surface area contributed by atoms with Crippen LogP contribution in [-0.2, 0) is 49.8 Å². The molecule has 0 bridgehead atoms. The van der Waals surface area contributed by atoms with Gasteiger partial charge in [-0.2, -0.15) is 0 Å². The number of nitrogens with one attached hydrogen (secondary N) is 4. The van der Waals surface area contributed by atoms with Crippen molar-refractivity contribution in [3.05, 3.63) is 100 Å². The minimum Gasteiger partial charge on any atom is -0.508 e. The van der Waals surface area contributed by atoms with Gasteiger partial charge in [0.05, 0.1) is 0 Å². The van der Waals surface area contributed by atoms with Gasteiger partial charge in [0.2, 0.25) is 23.6 Å². The molecule has 0 saturated heterocycles. The van der Waals surface area contributed by atoms with Gasteiger partial charge in [-0.3, -0.25) is 19.2 Å². The van der Waals surface area contributed by atoms with Crippen LogP contribution in [0.4, 0.5) is 4.79 Å². The number of ether oxygens (including phenoxy) is 1. The first kappa shape index (κ1) is 40.4. The molecule has 3 aromatic rings. The van der Waals surface area contributed by atoms with Crippen LogP contribution >= 0.6 is 0 Å². The molecule has 0 spiro atoms. The summed E-state index contributed by atoms with van der Waals surface area (Å²) in [6.45, 7) is 11.1. The number of fused-ring (bicyclic) bond motifs is 1. The molecule has 1 aliphatic rings. The van der Waals surface area contributed by atoms with E-state index in [0.29, 0.717) is 25.8 Å². The van der Waals surface area contributed by atoms with Crippen molar-refractivity contribution in [1.29, 1.82) is 0 Å². The van der Waals surface area contributed by atoms with Crippen LogP contribution in [0.2, 0.25) is 0 Å². The third-order valence-electron chi connectivity index (χ3n) is 9.15. The van der Waals surface area contributed by atoms with Crippen molar-refractivity contribution in [1.82, 2.24) is 26.2 Å².